The van der Waals surface area contributed by atoms with Gasteiger partial charge in [-0.3, -0.25) is 10.3 Å². The number of rotatable bonds is 8. The van der Waals surface area contributed by atoms with Crippen molar-refractivity contribution < 1.29 is 10.2 Å². The first-order valence-electron chi connectivity index (χ1n) is 5.39. The van der Waals surface area contributed by atoms with Gasteiger partial charge in [-0.1, -0.05) is 0 Å². The molecule has 0 aliphatic heterocycles. The van der Waals surface area contributed by atoms with E-state index in [2.05, 4.69) is 0 Å². The molecule has 5 heteroatoms. The summed E-state index contributed by atoms with van der Waals surface area (Å²) >= 11 is 0. The zero-order valence-electron chi connectivity index (χ0n) is 9.08. The van der Waals surface area contributed by atoms with Crippen LogP contribution in [0.15, 0.2) is 0 Å². The Morgan fingerprint density at radius 3 is 2.13 bits per heavy atom. The first kappa shape index (κ1) is 12.4. The summed E-state index contributed by atoms with van der Waals surface area (Å²) in [6.07, 6.45) is 2.83. The molecule has 0 bridgehead atoms. The lowest BCUT2D eigenvalue weighted by Crippen LogP contribution is -2.36. The van der Waals surface area contributed by atoms with Crippen molar-refractivity contribution in [2.45, 2.75) is 19.3 Å². The van der Waals surface area contributed by atoms with Crippen molar-refractivity contribution in [2.24, 2.45) is 11.1 Å². The summed E-state index contributed by atoms with van der Waals surface area (Å²) in [5.74, 6) is 0.237. The third-order valence-electron chi connectivity index (χ3n) is 2.91. The average Bonchev–Trinajstić information content (AvgIpc) is 2.84. The van der Waals surface area contributed by atoms with Gasteiger partial charge in [0.1, 0.15) is 0 Å². The summed E-state index contributed by atoms with van der Waals surface area (Å²) in [6, 6.07) is 0. The monoisotopic (exact) mass is 215 g/mol. The highest BCUT2D eigenvalue weighted by atomic mass is 16.3. The van der Waals surface area contributed by atoms with E-state index in [9.17, 15) is 0 Å². The molecular weight excluding hydrogens is 194 g/mol. The zero-order valence-corrected chi connectivity index (χ0v) is 9.08. The Hall–Kier alpha value is -0.650. The second-order valence-electron chi connectivity index (χ2n) is 4.43. The summed E-state index contributed by atoms with van der Waals surface area (Å²) in [7, 11) is 0. The van der Waals surface area contributed by atoms with E-state index in [0.717, 1.165) is 19.4 Å². The Labute approximate surface area is 90.4 Å². The van der Waals surface area contributed by atoms with E-state index in [4.69, 9.17) is 21.4 Å². The number of nitrogens with one attached hydrogen (secondary N) is 1. The van der Waals surface area contributed by atoms with E-state index in [0.29, 0.717) is 19.5 Å². The second kappa shape index (κ2) is 5.44. The Morgan fingerprint density at radius 2 is 1.80 bits per heavy atom. The largest absolute Gasteiger partial charge is 0.395 e. The Kier molecular flexibility index (Phi) is 4.50. The number of aliphatic hydroxyl groups excluding tert-OH is 2. The zero-order chi connectivity index (χ0) is 11.3. The maximum Gasteiger partial charge on any atom is 0.0911 e. The van der Waals surface area contributed by atoms with E-state index in [1.165, 1.54) is 0 Å². The molecule has 0 radical (unpaired) electrons. The molecule has 0 saturated heterocycles. The third kappa shape index (κ3) is 4.15. The normalized spacial score (nSPS) is 18.1. The molecule has 5 nitrogen and oxygen atoms in total. The molecule has 5 N–H and O–H groups in total. The van der Waals surface area contributed by atoms with Gasteiger partial charge in [-0.15, -0.1) is 0 Å². The minimum Gasteiger partial charge on any atom is -0.395 e. The molecule has 1 aliphatic carbocycles. The molecule has 0 unspecified atom stereocenters. The van der Waals surface area contributed by atoms with Crippen LogP contribution in [0.4, 0.5) is 0 Å². The number of nitrogens with two attached hydrogens (primary N) is 1. The number of amidine groups is 1. The van der Waals surface area contributed by atoms with Crippen LogP contribution < -0.4 is 5.73 Å². The van der Waals surface area contributed by atoms with E-state index in [1.54, 1.807) is 0 Å². The van der Waals surface area contributed by atoms with Gasteiger partial charge < -0.3 is 15.9 Å². The van der Waals surface area contributed by atoms with Crippen LogP contribution in [0.25, 0.3) is 0 Å². The lowest BCUT2D eigenvalue weighted by Gasteiger charge is -2.25. The van der Waals surface area contributed by atoms with Crippen molar-refractivity contribution in [1.29, 1.82) is 5.41 Å². The topological polar surface area (TPSA) is 93.6 Å². The molecule has 1 saturated carbocycles. The highest BCUT2D eigenvalue weighted by molar-refractivity contribution is 5.78. The third-order valence-corrected chi connectivity index (χ3v) is 2.91. The fourth-order valence-electron chi connectivity index (χ4n) is 2.00. The lowest BCUT2D eigenvalue weighted by atomic mass is 10.0. The summed E-state index contributed by atoms with van der Waals surface area (Å²) < 4.78 is 0. The molecule has 1 rings (SSSR count). The SMILES string of the molecule is N=C(N)CC1(CN(CCO)CCO)CC1. The number of aliphatic hydroxyl groups is 2. The smallest absolute Gasteiger partial charge is 0.0911 e. The highest BCUT2D eigenvalue weighted by Crippen LogP contribution is 2.49. The number of hydrogen-bond acceptors (Lipinski definition) is 4. The van der Waals surface area contributed by atoms with Crippen molar-refractivity contribution in [3.8, 4) is 0 Å². The molecule has 0 amide bonds. The van der Waals surface area contributed by atoms with Gasteiger partial charge in [0.25, 0.3) is 0 Å². The van der Waals surface area contributed by atoms with E-state index in [-0.39, 0.29) is 24.5 Å². The fourth-order valence-corrected chi connectivity index (χ4v) is 2.00. The van der Waals surface area contributed by atoms with Crippen molar-refractivity contribution in [1.82, 2.24) is 4.90 Å². The van der Waals surface area contributed by atoms with Crippen LogP contribution in [0.2, 0.25) is 0 Å². The van der Waals surface area contributed by atoms with Gasteiger partial charge in [-0.05, 0) is 18.3 Å². The van der Waals surface area contributed by atoms with Crippen molar-refractivity contribution in [3.05, 3.63) is 0 Å². The van der Waals surface area contributed by atoms with E-state index < -0.39 is 0 Å². The standard InChI is InChI=1S/C10H21N3O2/c11-9(12)7-10(1-2-10)8-13(3-5-14)4-6-15/h14-15H,1-8H2,(H3,11,12). The predicted molar refractivity (Wildman–Crippen MR) is 58.8 cm³/mol. The van der Waals surface area contributed by atoms with Gasteiger partial charge in [-0.2, -0.15) is 0 Å². The van der Waals surface area contributed by atoms with Gasteiger partial charge in [0.15, 0.2) is 0 Å². The van der Waals surface area contributed by atoms with Crippen LogP contribution in [-0.2, 0) is 0 Å². The summed E-state index contributed by atoms with van der Waals surface area (Å²) in [6.45, 7) is 2.21. The average molecular weight is 215 g/mol. The van der Waals surface area contributed by atoms with Crippen molar-refractivity contribution >= 4 is 5.84 Å². The van der Waals surface area contributed by atoms with Crippen molar-refractivity contribution in [2.75, 3.05) is 32.8 Å². The highest BCUT2D eigenvalue weighted by Gasteiger charge is 2.43. The minimum atomic E-state index is 0.107. The van der Waals surface area contributed by atoms with Crippen LogP contribution in [0.3, 0.4) is 0 Å². The molecular formula is C10H21N3O2. The van der Waals surface area contributed by atoms with Crippen LogP contribution in [-0.4, -0.2) is 53.8 Å². The van der Waals surface area contributed by atoms with Gasteiger partial charge in [0, 0.05) is 26.1 Å². The number of nitrogens with zero attached hydrogens (tertiary/aromatic N) is 1. The van der Waals surface area contributed by atoms with Crippen LogP contribution in [0.5, 0.6) is 0 Å². The van der Waals surface area contributed by atoms with Gasteiger partial charge >= 0.3 is 0 Å². The molecule has 0 aromatic carbocycles. The molecule has 15 heavy (non-hydrogen) atoms. The Bertz CT molecular complexity index is 211. The maximum atomic E-state index is 8.87. The molecule has 0 aromatic rings. The summed E-state index contributed by atoms with van der Waals surface area (Å²) in [5.41, 5.74) is 5.56. The molecule has 0 heterocycles. The summed E-state index contributed by atoms with van der Waals surface area (Å²) in [5, 5.41) is 25.0. The lowest BCUT2D eigenvalue weighted by molar-refractivity contribution is 0.140. The maximum absolute atomic E-state index is 8.87. The molecule has 1 aliphatic rings. The van der Waals surface area contributed by atoms with Crippen LogP contribution in [0, 0.1) is 10.8 Å². The quantitative estimate of drug-likeness (QED) is 0.321. The Balaban J connectivity index is 2.39. The molecule has 0 atom stereocenters. The Morgan fingerprint density at radius 1 is 1.27 bits per heavy atom. The molecule has 0 spiro atoms. The minimum absolute atomic E-state index is 0.107. The predicted octanol–water partition coefficient (Wildman–Crippen LogP) is -0.621. The number of hydrogen-bond donors (Lipinski definition) is 4. The van der Waals surface area contributed by atoms with E-state index in [1.807, 2.05) is 4.90 Å². The fraction of sp³-hybridized carbons (Fsp3) is 0.900. The first-order chi connectivity index (χ1) is 7.12. The van der Waals surface area contributed by atoms with Crippen molar-refractivity contribution in [3.63, 3.8) is 0 Å². The molecule has 0 aromatic heterocycles. The van der Waals surface area contributed by atoms with Gasteiger partial charge in [-0.25, -0.2) is 0 Å². The first-order valence-corrected chi connectivity index (χ1v) is 5.39. The second-order valence-corrected chi connectivity index (χ2v) is 4.43. The van der Waals surface area contributed by atoms with E-state index >= 15 is 0 Å². The van der Waals surface area contributed by atoms with Crippen LogP contribution in [0.1, 0.15) is 19.3 Å². The molecule has 88 valence electrons. The van der Waals surface area contributed by atoms with Gasteiger partial charge in [0.05, 0.1) is 19.0 Å². The van der Waals surface area contributed by atoms with Crippen LogP contribution >= 0.6 is 0 Å². The summed E-state index contributed by atoms with van der Waals surface area (Å²) in [4.78, 5) is 2.04. The van der Waals surface area contributed by atoms with Gasteiger partial charge in [0.2, 0.25) is 0 Å². The molecule has 1 fully saturated rings.